The van der Waals surface area contributed by atoms with E-state index in [0.717, 1.165) is 12.8 Å². The van der Waals surface area contributed by atoms with Gasteiger partial charge in [-0.05, 0) is 37.1 Å². The normalized spacial score (nSPS) is 12.9. The van der Waals surface area contributed by atoms with Crippen LogP contribution < -0.4 is 20.7 Å². The Morgan fingerprint density at radius 2 is 1.96 bits per heavy atom. The van der Waals surface area contributed by atoms with Gasteiger partial charge in [-0.2, -0.15) is 0 Å². The molecule has 8 nitrogen and oxygen atoms in total. The fourth-order valence-corrected chi connectivity index (χ4v) is 2.15. The molecule has 1 aliphatic carbocycles. The molecule has 0 spiro atoms. The SMILES string of the molecule is O=C(COc1cccc(NC(=O)c2ccco2)c1)NCC(=O)NC1CC1. The number of carbonyl (C=O) groups excluding carboxylic acids is 3. The first-order valence-corrected chi connectivity index (χ1v) is 8.24. The predicted molar refractivity (Wildman–Crippen MR) is 92.8 cm³/mol. The van der Waals surface area contributed by atoms with Crippen LogP contribution in [0.2, 0.25) is 0 Å². The third-order valence-electron chi connectivity index (χ3n) is 3.60. The second-order valence-corrected chi connectivity index (χ2v) is 5.87. The van der Waals surface area contributed by atoms with Crippen molar-refractivity contribution in [1.29, 1.82) is 0 Å². The van der Waals surface area contributed by atoms with Crippen molar-refractivity contribution in [1.82, 2.24) is 10.6 Å². The van der Waals surface area contributed by atoms with E-state index in [0.29, 0.717) is 11.4 Å². The van der Waals surface area contributed by atoms with Gasteiger partial charge in [-0.3, -0.25) is 14.4 Å². The van der Waals surface area contributed by atoms with Gasteiger partial charge in [-0.1, -0.05) is 6.07 Å². The molecule has 2 aromatic rings. The Hall–Kier alpha value is -3.29. The smallest absolute Gasteiger partial charge is 0.291 e. The molecule has 1 aromatic carbocycles. The second kappa shape index (κ2) is 8.19. The number of amides is 3. The molecule has 0 aliphatic heterocycles. The fourth-order valence-electron chi connectivity index (χ4n) is 2.15. The Morgan fingerprint density at radius 3 is 2.69 bits per heavy atom. The van der Waals surface area contributed by atoms with Crippen molar-refractivity contribution in [3.63, 3.8) is 0 Å². The first kappa shape index (κ1) is 17.5. The van der Waals surface area contributed by atoms with Gasteiger partial charge in [0.15, 0.2) is 12.4 Å². The molecule has 0 radical (unpaired) electrons. The highest BCUT2D eigenvalue weighted by molar-refractivity contribution is 6.02. The third kappa shape index (κ3) is 5.37. The Bertz CT molecular complexity index is 784. The topological polar surface area (TPSA) is 110 Å². The Morgan fingerprint density at radius 1 is 1.12 bits per heavy atom. The van der Waals surface area contributed by atoms with E-state index < -0.39 is 5.91 Å². The average molecular weight is 357 g/mol. The van der Waals surface area contributed by atoms with E-state index >= 15 is 0 Å². The first-order chi connectivity index (χ1) is 12.6. The van der Waals surface area contributed by atoms with Gasteiger partial charge in [0.25, 0.3) is 11.8 Å². The Kier molecular flexibility index (Phi) is 5.52. The number of carbonyl (C=O) groups is 3. The molecule has 1 aliphatic rings. The van der Waals surface area contributed by atoms with Crippen LogP contribution in [0, 0.1) is 0 Å². The van der Waals surface area contributed by atoms with Gasteiger partial charge in [-0.25, -0.2) is 0 Å². The van der Waals surface area contributed by atoms with Crippen LogP contribution in [-0.4, -0.2) is 36.9 Å². The summed E-state index contributed by atoms with van der Waals surface area (Å²) in [6, 6.07) is 10.1. The zero-order valence-corrected chi connectivity index (χ0v) is 14.0. The van der Waals surface area contributed by atoms with Crippen LogP contribution in [-0.2, 0) is 9.59 Å². The third-order valence-corrected chi connectivity index (χ3v) is 3.60. The zero-order valence-electron chi connectivity index (χ0n) is 14.0. The summed E-state index contributed by atoms with van der Waals surface area (Å²) < 4.78 is 10.4. The van der Waals surface area contributed by atoms with E-state index in [9.17, 15) is 14.4 Å². The summed E-state index contributed by atoms with van der Waals surface area (Å²) in [6.45, 7) is -0.301. The van der Waals surface area contributed by atoms with Crippen LogP contribution in [0.3, 0.4) is 0 Å². The molecule has 26 heavy (non-hydrogen) atoms. The van der Waals surface area contributed by atoms with Gasteiger partial charge < -0.3 is 25.1 Å². The molecule has 1 aromatic heterocycles. The molecule has 0 atom stereocenters. The molecule has 0 saturated heterocycles. The minimum atomic E-state index is -0.402. The highest BCUT2D eigenvalue weighted by atomic mass is 16.5. The molecule has 136 valence electrons. The predicted octanol–water partition coefficient (Wildman–Crippen LogP) is 1.31. The molecule has 1 fully saturated rings. The molecule has 3 N–H and O–H groups in total. The summed E-state index contributed by atoms with van der Waals surface area (Å²) >= 11 is 0. The van der Waals surface area contributed by atoms with Gasteiger partial charge in [-0.15, -0.1) is 0 Å². The van der Waals surface area contributed by atoms with E-state index in [1.807, 2.05) is 0 Å². The Labute approximate surface area is 149 Å². The quantitative estimate of drug-likeness (QED) is 0.660. The molecule has 0 bridgehead atoms. The average Bonchev–Trinajstić information content (AvgIpc) is 3.26. The maximum atomic E-state index is 11.9. The van der Waals surface area contributed by atoms with Crippen molar-refractivity contribution in [2.45, 2.75) is 18.9 Å². The number of hydrogen-bond acceptors (Lipinski definition) is 5. The number of furan rings is 1. The maximum absolute atomic E-state index is 11.9. The number of hydrogen-bond donors (Lipinski definition) is 3. The molecule has 8 heteroatoms. The van der Waals surface area contributed by atoms with Crippen molar-refractivity contribution < 1.29 is 23.5 Å². The first-order valence-electron chi connectivity index (χ1n) is 8.24. The summed E-state index contributed by atoms with van der Waals surface area (Å²) in [5, 5.41) is 7.94. The van der Waals surface area contributed by atoms with Crippen molar-refractivity contribution in [2.75, 3.05) is 18.5 Å². The van der Waals surface area contributed by atoms with Crippen molar-refractivity contribution in [3.8, 4) is 5.75 Å². The lowest BCUT2D eigenvalue weighted by Crippen LogP contribution is -2.39. The minimum absolute atomic E-state index is 0.0715. The Balaban J connectivity index is 1.43. The van der Waals surface area contributed by atoms with E-state index in [1.165, 1.54) is 6.26 Å². The highest BCUT2D eigenvalue weighted by Crippen LogP contribution is 2.19. The van der Waals surface area contributed by atoms with Crippen molar-refractivity contribution in [3.05, 3.63) is 48.4 Å². The highest BCUT2D eigenvalue weighted by Gasteiger charge is 2.23. The molecular formula is C18H19N3O5. The van der Waals surface area contributed by atoms with Crippen molar-refractivity contribution >= 4 is 23.4 Å². The van der Waals surface area contributed by atoms with E-state index in [1.54, 1.807) is 36.4 Å². The second-order valence-electron chi connectivity index (χ2n) is 5.87. The number of nitrogens with one attached hydrogen (secondary N) is 3. The summed E-state index contributed by atoms with van der Waals surface area (Å²) in [5.74, 6) is -0.379. The summed E-state index contributed by atoms with van der Waals surface area (Å²) in [4.78, 5) is 35.2. The largest absolute Gasteiger partial charge is 0.484 e. The van der Waals surface area contributed by atoms with E-state index in [2.05, 4.69) is 16.0 Å². The van der Waals surface area contributed by atoms with E-state index in [4.69, 9.17) is 9.15 Å². The number of benzene rings is 1. The number of anilines is 1. The monoisotopic (exact) mass is 357 g/mol. The molecule has 3 amide bonds. The van der Waals surface area contributed by atoms with Crippen LogP contribution in [0.25, 0.3) is 0 Å². The van der Waals surface area contributed by atoms with Crippen LogP contribution in [0.5, 0.6) is 5.75 Å². The van der Waals surface area contributed by atoms with Gasteiger partial charge in [0.1, 0.15) is 5.75 Å². The fraction of sp³-hybridized carbons (Fsp3) is 0.278. The van der Waals surface area contributed by atoms with Gasteiger partial charge in [0.05, 0.1) is 12.8 Å². The van der Waals surface area contributed by atoms with Crippen LogP contribution in [0.15, 0.2) is 47.1 Å². The minimum Gasteiger partial charge on any atom is -0.484 e. The van der Waals surface area contributed by atoms with Crippen LogP contribution in [0.4, 0.5) is 5.69 Å². The molecule has 1 heterocycles. The number of ether oxygens (including phenoxy) is 1. The van der Waals surface area contributed by atoms with Gasteiger partial charge in [0.2, 0.25) is 5.91 Å². The molecule has 3 rings (SSSR count). The lowest BCUT2D eigenvalue weighted by atomic mass is 10.3. The number of rotatable bonds is 8. The molecule has 1 saturated carbocycles. The standard InChI is InChI=1S/C18H19N3O5/c22-16(20-12-6-7-12)10-19-17(23)11-26-14-4-1-3-13(9-14)21-18(24)15-5-2-8-25-15/h1-5,8-9,12H,6-7,10-11H2,(H,19,23)(H,20,22)(H,21,24). The molecular weight excluding hydrogens is 338 g/mol. The van der Waals surface area contributed by atoms with Crippen LogP contribution in [0.1, 0.15) is 23.4 Å². The van der Waals surface area contributed by atoms with Crippen LogP contribution >= 0.6 is 0 Å². The summed E-state index contributed by atoms with van der Waals surface area (Å²) in [7, 11) is 0. The lowest BCUT2D eigenvalue weighted by Gasteiger charge is -2.09. The zero-order chi connectivity index (χ0) is 18.4. The summed E-state index contributed by atoms with van der Waals surface area (Å²) in [5.41, 5.74) is 0.508. The maximum Gasteiger partial charge on any atom is 0.291 e. The summed E-state index contributed by atoms with van der Waals surface area (Å²) in [6.07, 6.45) is 3.41. The lowest BCUT2D eigenvalue weighted by molar-refractivity contribution is -0.127. The van der Waals surface area contributed by atoms with Crippen molar-refractivity contribution in [2.24, 2.45) is 0 Å². The van der Waals surface area contributed by atoms with E-state index in [-0.39, 0.29) is 36.8 Å². The van der Waals surface area contributed by atoms with Gasteiger partial charge in [0, 0.05) is 17.8 Å². The molecule has 0 unspecified atom stereocenters. The van der Waals surface area contributed by atoms with Gasteiger partial charge >= 0.3 is 0 Å².